The van der Waals surface area contributed by atoms with Crippen LogP contribution in [0.5, 0.6) is 0 Å². The van der Waals surface area contributed by atoms with Gasteiger partial charge in [0.25, 0.3) is 0 Å². The molecule has 0 heterocycles. The maximum atomic E-state index is 12.2. The van der Waals surface area contributed by atoms with Crippen LogP contribution in [0.1, 0.15) is 6.92 Å². The molecule has 0 aliphatic carbocycles. The number of nitrogens with two attached hydrogens (primary N) is 1. The monoisotopic (exact) mass is 350 g/mol. The lowest BCUT2D eigenvalue weighted by Crippen LogP contribution is -2.35. The van der Waals surface area contributed by atoms with Gasteiger partial charge >= 0.3 is 0 Å². The molecular weight excluding hydrogens is 336 g/mol. The number of sulfonamides is 1. The van der Waals surface area contributed by atoms with Gasteiger partial charge in [0.05, 0.1) is 9.88 Å². The average molecular weight is 351 g/mol. The van der Waals surface area contributed by atoms with Gasteiger partial charge in [-0.1, -0.05) is 35.1 Å². The first-order chi connectivity index (χ1) is 8.25. The Balaban J connectivity index is 2.93. The van der Waals surface area contributed by atoms with Crippen LogP contribution in [0.2, 0.25) is 0 Å². The zero-order valence-corrected chi connectivity index (χ0v) is 13.3. The molecule has 1 atom stereocenters. The number of thiocarbonyl (C=S) groups is 1. The molecule has 0 aliphatic heterocycles. The molecule has 4 nitrogen and oxygen atoms in total. The molecule has 0 aromatic heterocycles. The number of hydrogen-bond acceptors (Lipinski definition) is 3. The summed E-state index contributed by atoms with van der Waals surface area (Å²) in [6, 6.07) is 6.50. The molecule has 1 rings (SSSR count). The standard InChI is InChI=1S/C11H15BrN2O2S2/c1-8(11(13)17)7-14(2)18(15,16)10-5-3-9(12)4-6-10/h3-6,8H,7H2,1-2H3,(H2,13,17). The molecule has 0 saturated carbocycles. The molecule has 0 spiro atoms. The van der Waals surface area contributed by atoms with E-state index in [-0.39, 0.29) is 17.4 Å². The van der Waals surface area contributed by atoms with Gasteiger partial charge in [-0.2, -0.15) is 0 Å². The lowest BCUT2D eigenvalue weighted by molar-refractivity contribution is 0.445. The SMILES string of the molecule is CC(CN(C)S(=O)(=O)c1ccc(Br)cc1)C(N)=S. The van der Waals surface area contributed by atoms with Crippen molar-refractivity contribution in [2.24, 2.45) is 11.7 Å². The van der Waals surface area contributed by atoms with Crippen molar-refractivity contribution in [2.75, 3.05) is 13.6 Å². The van der Waals surface area contributed by atoms with E-state index in [1.165, 1.54) is 11.4 Å². The molecule has 0 bridgehead atoms. The van der Waals surface area contributed by atoms with Gasteiger partial charge in [-0.15, -0.1) is 0 Å². The Labute approximate surface area is 121 Å². The van der Waals surface area contributed by atoms with Crippen molar-refractivity contribution >= 4 is 43.2 Å². The fraction of sp³-hybridized carbons (Fsp3) is 0.364. The quantitative estimate of drug-likeness (QED) is 0.824. The minimum Gasteiger partial charge on any atom is -0.393 e. The average Bonchev–Trinajstić information content (AvgIpc) is 2.29. The summed E-state index contributed by atoms with van der Waals surface area (Å²) < 4.78 is 26.6. The van der Waals surface area contributed by atoms with Gasteiger partial charge in [0.1, 0.15) is 0 Å². The molecule has 0 radical (unpaired) electrons. The summed E-state index contributed by atoms with van der Waals surface area (Å²) in [5.74, 6) is -0.157. The highest BCUT2D eigenvalue weighted by molar-refractivity contribution is 9.10. The van der Waals surface area contributed by atoms with Crippen molar-refractivity contribution < 1.29 is 8.42 Å². The van der Waals surface area contributed by atoms with Crippen molar-refractivity contribution in [1.82, 2.24) is 4.31 Å². The fourth-order valence-electron chi connectivity index (χ4n) is 1.36. The van der Waals surface area contributed by atoms with E-state index >= 15 is 0 Å². The van der Waals surface area contributed by atoms with Crippen LogP contribution < -0.4 is 5.73 Å². The van der Waals surface area contributed by atoms with Gasteiger partial charge in [0, 0.05) is 24.0 Å². The summed E-state index contributed by atoms with van der Waals surface area (Å²) in [6.45, 7) is 2.07. The van der Waals surface area contributed by atoms with Gasteiger partial charge in [-0.05, 0) is 24.3 Å². The Morgan fingerprint density at radius 2 is 1.94 bits per heavy atom. The molecule has 0 saturated heterocycles. The van der Waals surface area contributed by atoms with Crippen LogP contribution in [0.4, 0.5) is 0 Å². The largest absolute Gasteiger partial charge is 0.393 e. The maximum absolute atomic E-state index is 12.2. The molecular formula is C11H15BrN2O2S2. The molecule has 1 aromatic rings. The summed E-state index contributed by atoms with van der Waals surface area (Å²) >= 11 is 8.11. The van der Waals surface area contributed by atoms with Crippen LogP contribution in [0.3, 0.4) is 0 Å². The number of nitrogens with zero attached hydrogens (tertiary/aromatic N) is 1. The fourth-order valence-corrected chi connectivity index (χ4v) is 2.96. The van der Waals surface area contributed by atoms with E-state index in [0.29, 0.717) is 4.99 Å². The topological polar surface area (TPSA) is 63.4 Å². The minimum absolute atomic E-state index is 0.157. The van der Waals surface area contributed by atoms with Crippen molar-refractivity contribution in [2.45, 2.75) is 11.8 Å². The highest BCUT2D eigenvalue weighted by atomic mass is 79.9. The molecule has 0 amide bonds. The van der Waals surface area contributed by atoms with Gasteiger partial charge in [0.15, 0.2) is 0 Å². The molecule has 100 valence electrons. The van der Waals surface area contributed by atoms with E-state index < -0.39 is 10.0 Å². The van der Waals surface area contributed by atoms with E-state index in [2.05, 4.69) is 15.9 Å². The van der Waals surface area contributed by atoms with Crippen LogP contribution in [0.25, 0.3) is 0 Å². The molecule has 18 heavy (non-hydrogen) atoms. The third kappa shape index (κ3) is 3.74. The smallest absolute Gasteiger partial charge is 0.242 e. The molecule has 7 heteroatoms. The molecule has 2 N–H and O–H groups in total. The number of hydrogen-bond donors (Lipinski definition) is 1. The van der Waals surface area contributed by atoms with Gasteiger partial charge < -0.3 is 5.73 Å². The second-order valence-electron chi connectivity index (χ2n) is 4.04. The van der Waals surface area contributed by atoms with Crippen LogP contribution >= 0.6 is 28.1 Å². The first kappa shape index (κ1) is 15.6. The third-order valence-corrected chi connectivity index (χ3v) is 5.31. The first-order valence-corrected chi connectivity index (χ1v) is 7.90. The molecule has 1 unspecified atom stereocenters. The van der Waals surface area contributed by atoms with Crippen molar-refractivity contribution in [3.05, 3.63) is 28.7 Å². The van der Waals surface area contributed by atoms with E-state index in [1.807, 2.05) is 0 Å². The van der Waals surface area contributed by atoms with Gasteiger partial charge in [0.2, 0.25) is 10.0 Å². The van der Waals surface area contributed by atoms with Crippen LogP contribution in [0.15, 0.2) is 33.6 Å². The second-order valence-corrected chi connectivity index (χ2v) is 7.47. The van der Waals surface area contributed by atoms with Crippen molar-refractivity contribution in [3.63, 3.8) is 0 Å². The van der Waals surface area contributed by atoms with Crippen LogP contribution in [0, 0.1) is 5.92 Å². The lowest BCUT2D eigenvalue weighted by atomic mass is 10.2. The summed E-state index contributed by atoms with van der Waals surface area (Å²) in [6.07, 6.45) is 0. The van der Waals surface area contributed by atoms with Crippen molar-refractivity contribution in [3.8, 4) is 0 Å². The number of benzene rings is 1. The normalized spacial score (nSPS) is 13.6. The van der Waals surface area contributed by atoms with E-state index in [4.69, 9.17) is 18.0 Å². The van der Waals surface area contributed by atoms with Gasteiger partial charge in [-0.3, -0.25) is 0 Å². The highest BCUT2D eigenvalue weighted by Gasteiger charge is 2.22. The maximum Gasteiger partial charge on any atom is 0.242 e. The predicted octanol–water partition coefficient (Wildman–Crippen LogP) is 1.99. The number of halogens is 1. The van der Waals surface area contributed by atoms with Gasteiger partial charge in [-0.25, -0.2) is 12.7 Å². The second kappa shape index (κ2) is 6.10. The van der Waals surface area contributed by atoms with E-state index in [9.17, 15) is 8.42 Å². The third-order valence-electron chi connectivity index (χ3n) is 2.54. The summed E-state index contributed by atoms with van der Waals surface area (Å²) in [7, 11) is -1.97. The first-order valence-electron chi connectivity index (χ1n) is 5.26. The highest BCUT2D eigenvalue weighted by Crippen LogP contribution is 2.18. The zero-order chi connectivity index (χ0) is 13.9. The zero-order valence-electron chi connectivity index (χ0n) is 10.1. The van der Waals surface area contributed by atoms with E-state index in [0.717, 1.165) is 4.47 Å². The van der Waals surface area contributed by atoms with Crippen LogP contribution in [-0.2, 0) is 10.0 Å². The Morgan fingerprint density at radius 1 is 1.44 bits per heavy atom. The minimum atomic E-state index is -3.49. The number of rotatable bonds is 5. The molecule has 0 aliphatic rings. The summed E-state index contributed by atoms with van der Waals surface area (Å²) in [4.78, 5) is 0.566. The van der Waals surface area contributed by atoms with Crippen molar-refractivity contribution in [1.29, 1.82) is 0 Å². The Hall–Kier alpha value is -0.500. The Kier molecular flexibility index (Phi) is 5.27. The Bertz CT molecular complexity index is 528. The lowest BCUT2D eigenvalue weighted by Gasteiger charge is -2.20. The predicted molar refractivity (Wildman–Crippen MR) is 79.9 cm³/mol. The molecule has 0 fully saturated rings. The summed E-state index contributed by atoms with van der Waals surface area (Å²) in [5, 5.41) is 0. The van der Waals surface area contributed by atoms with Crippen LogP contribution in [-0.4, -0.2) is 31.3 Å². The molecule has 1 aromatic carbocycles. The summed E-state index contributed by atoms with van der Waals surface area (Å²) in [5.41, 5.74) is 5.49. The van der Waals surface area contributed by atoms with E-state index in [1.54, 1.807) is 31.2 Å². The Morgan fingerprint density at radius 3 is 2.39 bits per heavy atom.